The van der Waals surface area contributed by atoms with Crippen molar-refractivity contribution in [2.45, 2.75) is 12.5 Å². The first kappa shape index (κ1) is 13.8. The van der Waals surface area contributed by atoms with Gasteiger partial charge in [-0.3, -0.25) is 11.3 Å². The van der Waals surface area contributed by atoms with Crippen LogP contribution in [0.15, 0.2) is 42.5 Å². The summed E-state index contributed by atoms with van der Waals surface area (Å²) < 4.78 is 13.4. The molecule has 0 aliphatic rings. The van der Waals surface area contributed by atoms with Crippen LogP contribution in [0.3, 0.4) is 0 Å². The smallest absolute Gasteiger partial charge is 0.142 e. The first-order valence-electron chi connectivity index (χ1n) is 5.86. The number of anilines is 1. The summed E-state index contributed by atoms with van der Waals surface area (Å²) in [5.74, 6) is 5.13. The van der Waals surface area contributed by atoms with Gasteiger partial charge in [0.05, 0.1) is 11.1 Å². The van der Waals surface area contributed by atoms with Crippen molar-refractivity contribution in [3.05, 3.63) is 64.4 Å². The van der Waals surface area contributed by atoms with Gasteiger partial charge in [-0.2, -0.15) is 0 Å². The van der Waals surface area contributed by atoms with Gasteiger partial charge >= 0.3 is 0 Å². The van der Waals surface area contributed by atoms with Crippen LogP contribution in [0.5, 0.6) is 0 Å². The first-order valence-corrected chi connectivity index (χ1v) is 6.24. The Morgan fingerprint density at radius 2 is 1.95 bits per heavy atom. The Kier molecular flexibility index (Phi) is 4.37. The molecule has 0 aliphatic carbocycles. The average Bonchev–Trinajstić information content (AvgIpc) is 2.41. The van der Waals surface area contributed by atoms with Crippen LogP contribution in [0, 0.1) is 5.82 Å². The van der Waals surface area contributed by atoms with E-state index in [1.165, 1.54) is 12.1 Å². The van der Waals surface area contributed by atoms with E-state index in [0.29, 0.717) is 12.1 Å². The summed E-state index contributed by atoms with van der Waals surface area (Å²) >= 11 is 5.66. The molecule has 0 aromatic heterocycles. The Balaban J connectivity index is 2.24. The number of para-hydroxylation sites is 1. The van der Waals surface area contributed by atoms with Crippen molar-refractivity contribution in [3.63, 3.8) is 0 Å². The first-order chi connectivity index (χ1) is 9.11. The molecule has 100 valence electrons. The zero-order valence-electron chi connectivity index (χ0n) is 10.2. The topological polar surface area (TPSA) is 64.1 Å². The van der Waals surface area contributed by atoms with Crippen molar-refractivity contribution in [2.24, 2.45) is 5.84 Å². The van der Waals surface area contributed by atoms with Gasteiger partial charge in [-0.25, -0.2) is 4.39 Å². The molecule has 0 fully saturated rings. The molecule has 3 nitrogen and oxygen atoms in total. The van der Waals surface area contributed by atoms with Gasteiger partial charge in [0.25, 0.3) is 0 Å². The molecule has 5 heteroatoms. The van der Waals surface area contributed by atoms with Crippen LogP contribution in [0.1, 0.15) is 17.2 Å². The lowest BCUT2D eigenvalue weighted by Gasteiger charge is -2.18. The van der Waals surface area contributed by atoms with Gasteiger partial charge < -0.3 is 5.73 Å². The van der Waals surface area contributed by atoms with Crippen LogP contribution in [-0.2, 0) is 6.42 Å². The lowest BCUT2D eigenvalue weighted by Crippen LogP contribution is -2.30. The van der Waals surface area contributed by atoms with Crippen molar-refractivity contribution in [1.29, 1.82) is 0 Å². The number of benzene rings is 2. The van der Waals surface area contributed by atoms with Crippen molar-refractivity contribution in [2.75, 3.05) is 5.73 Å². The van der Waals surface area contributed by atoms with Gasteiger partial charge in [0, 0.05) is 5.69 Å². The fourth-order valence-corrected chi connectivity index (χ4v) is 2.11. The Morgan fingerprint density at radius 3 is 2.58 bits per heavy atom. The minimum Gasteiger partial charge on any atom is -0.398 e. The second-order valence-electron chi connectivity index (χ2n) is 4.30. The minimum atomic E-state index is -0.434. The maximum atomic E-state index is 13.4. The number of hydrazine groups is 1. The molecule has 0 saturated carbocycles. The molecule has 2 aromatic rings. The molecule has 0 saturated heterocycles. The zero-order chi connectivity index (χ0) is 13.8. The van der Waals surface area contributed by atoms with E-state index in [0.717, 1.165) is 11.1 Å². The van der Waals surface area contributed by atoms with E-state index in [-0.39, 0.29) is 11.1 Å². The van der Waals surface area contributed by atoms with Gasteiger partial charge in [0.2, 0.25) is 0 Å². The summed E-state index contributed by atoms with van der Waals surface area (Å²) in [5, 5.41) is 0.111. The zero-order valence-corrected chi connectivity index (χ0v) is 11.0. The van der Waals surface area contributed by atoms with Crippen LogP contribution in [0.2, 0.25) is 5.02 Å². The minimum absolute atomic E-state index is 0.111. The van der Waals surface area contributed by atoms with Gasteiger partial charge in [0.1, 0.15) is 5.82 Å². The molecule has 0 aliphatic heterocycles. The number of nitrogens with two attached hydrogens (primary N) is 2. The maximum Gasteiger partial charge on any atom is 0.142 e. The van der Waals surface area contributed by atoms with Crippen LogP contribution in [0.25, 0.3) is 0 Å². The van der Waals surface area contributed by atoms with Gasteiger partial charge in [-0.05, 0) is 35.7 Å². The Labute approximate surface area is 116 Å². The highest BCUT2D eigenvalue weighted by molar-refractivity contribution is 6.30. The van der Waals surface area contributed by atoms with Crippen LogP contribution in [0.4, 0.5) is 10.1 Å². The Bertz CT molecular complexity index is 574. The van der Waals surface area contributed by atoms with Gasteiger partial charge in [0.15, 0.2) is 0 Å². The number of nitrogen functional groups attached to an aromatic ring is 1. The van der Waals surface area contributed by atoms with Gasteiger partial charge in [-0.15, -0.1) is 0 Å². The summed E-state index contributed by atoms with van der Waals surface area (Å²) in [6.45, 7) is 0. The summed E-state index contributed by atoms with van der Waals surface area (Å²) in [6.07, 6.45) is 0.527. The van der Waals surface area contributed by atoms with E-state index in [1.54, 1.807) is 6.07 Å². The lowest BCUT2D eigenvalue weighted by molar-refractivity contribution is 0.550. The number of halogens is 2. The van der Waals surface area contributed by atoms with E-state index in [9.17, 15) is 4.39 Å². The molecule has 5 N–H and O–H groups in total. The lowest BCUT2D eigenvalue weighted by atomic mass is 9.98. The summed E-state index contributed by atoms with van der Waals surface area (Å²) in [6, 6.07) is 12.0. The van der Waals surface area contributed by atoms with Crippen molar-refractivity contribution in [1.82, 2.24) is 5.43 Å². The number of hydrogen-bond acceptors (Lipinski definition) is 3. The normalized spacial score (nSPS) is 12.4. The van der Waals surface area contributed by atoms with Crippen molar-refractivity contribution < 1.29 is 4.39 Å². The van der Waals surface area contributed by atoms with E-state index in [1.807, 2.05) is 24.3 Å². The largest absolute Gasteiger partial charge is 0.398 e. The molecule has 0 amide bonds. The van der Waals surface area contributed by atoms with Crippen LogP contribution in [-0.4, -0.2) is 0 Å². The highest BCUT2D eigenvalue weighted by Gasteiger charge is 2.14. The molecule has 0 spiro atoms. The highest BCUT2D eigenvalue weighted by Crippen LogP contribution is 2.24. The molecule has 19 heavy (non-hydrogen) atoms. The van der Waals surface area contributed by atoms with E-state index in [2.05, 4.69) is 5.43 Å². The SMILES string of the molecule is NNC(Cc1ccc(Cl)c(F)c1)c1ccccc1N. The molecule has 0 bridgehead atoms. The molecule has 2 aromatic carbocycles. The predicted molar refractivity (Wildman–Crippen MR) is 76.0 cm³/mol. The molecule has 1 atom stereocenters. The van der Waals surface area contributed by atoms with Crippen molar-refractivity contribution in [3.8, 4) is 0 Å². The summed E-state index contributed by atoms with van der Waals surface area (Å²) in [5.41, 5.74) is 11.0. The summed E-state index contributed by atoms with van der Waals surface area (Å²) in [4.78, 5) is 0. The predicted octanol–water partition coefficient (Wildman–Crippen LogP) is 2.81. The molecule has 0 heterocycles. The van der Waals surface area contributed by atoms with Gasteiger partial charge in [-0.1, -0.05) is 35.9 Å². The monoisotopic (exact) mass is 279 g/mol. The maximum absolute atomic E-state index is 13.4. The van der Waals surface area contributed by atoms with E-state index in [4.69, 9.17) is 23.2 Å². The quantitative estimate of drug-likeness (QED) is 0.458. The molecule has 0 radical (unpaired) electrons. The number of hydrogen-bond donors (Lipinski definition) is 3. The second-order valence-corrected chi connectivity index (χ2v) is 4.71. The fourth-order valence-electron chi connectivity index (χ4n) is 1.99. The summed E-state index contributed by atoms with van der Waals surface area (Å²) in [7, 11) is 0. The number of rotatable bonds is 4. The third kappa shape index (κ3) is 3.23. The molecule has 1 unspecified atom stereocenters. The standard InChI is InChI=1S/C14H15ClFN3/c15-11-6-5-9(7-12(11)16)8-14(19-18)10-3-1-2-4-13(10)17/h1-7,14,19H,8,17-18H2. The molecular formula is C14H15ClFN3. The van der Waals surface area contributed by atoms with E-state index >= 15 is 0 Å². The Hall–Kier alpha value is -1.62. The molecular weight excluding hydrogens is 265 g/mol. The van der Waals surface area contributed by atoms with E-state index < -0.39 is 5.82 Å². The van der Waals surface area contributed by atoms with Crippen LogP contribution >= 0.6 is 11.6 Å². The second kappa shape index (κ2) is 6.02. The fraction of sp³-hybridized carbons (Fsp3) is 0.143. The average molecular weight is 280 g/mol. The third-order valence-electron chi connectivity index (χ3n) is 3.00. The van der Waals surface area contributed by atoms with Crippen LogP contribution < -0.4 is 17.0 Å². The molecule has 2 rings (SSSR count). The highest BCUT2D eigenvalue weighted by atomic mass is 35.5. The van der Waals surface area contributed by atoms with Crippen molar-refractivity contribution >= 4 is 17.3 Å². The third-order valence-corrected chi connectivity index (χ3v) is 3.30. The Morgan fingerprint density at radius 1 is 1.21 bits per heavy atom. The number of nitrogens with one attached hydrogen (secondary N) is 1.